The fourth-order valence-electron chi connectivity index (χ4n) is 2.01. The zero-order valence-corrected chi connectivity index (χ0v) is 11.5. The van der Waals surface area contributed by atoms with Crippen molar-refractivity contribution in [1.29, 1.82) is 0 Å². The Bertz CT molecular complexity index is 594. The fraction of sp³-hybridized carbons (Fsp3) is 0.188. The molecule has 0 bridgehead atoms. The largest absolute Gasteiger partial charge is 0.289 e. The van der Waals surface area contributed by atoms with E-state index in [-0.39, 0.29) is 5.78 Å². The normalized spacial score (nSPS) is 10.4. The number of carbonyl (C=O) groups is 1. The van der Waals surface area contributed by atoms with E-state index >= 15 is 0 Å². The molecule has 0 aliphatic carbocycles. The van der Waals surface area contributed by atoms with Crippen molar-refractivity contribution >= 4 is 17.4 Å². The molecule has 1 nitrogen and oxygen atoms in total. The van der Waals surface area contributed by atoms with E-state index in [0.29, 0.717) is 16.1 Å². The van der Waals surface area contributed by atoms with Gasteiger partial charge in [-0.1, -0.05) is 40.9 Å². The van der Waals surface area contributed by atoms with Gasteiger partial charge in [-0.3, -0.25) is 4.79 Å². The van der Waals surface area contributed by atoms with Crippen LogP contribution >= 0.6 is 11.6 Å². The van der Waals surface area contributed by atoms with Gasteiger partial charge < -0.3 is 0 Å². The molecule has 2 aromatic rings. The Morgan fingerprint density at radius 1 is 0.889 bits per heavy atom. The molecule has 2 heteroatoms. The molecule has 0 fully saturated rings. The number of ketones is 1. The van der Waals surface area contributed by atoms with Crippen LogP contribution < -0.4 is 0 Å². The second kappa shape index (κ2) is 4.95. The number of carbonyl (C=O) groups excluding carboxylic acids is 1. The van der Waals surface area contributed by atoms with E-state index in [9.17, 15) is 4.79 Å². The Morgan fingerprint density at radius 2 is 1.50 bits per heavy atom. The maximum absolute atomic E-state index is 12.4. The Labute approximate surface area is 112 Å². The zero-order valence-electron chi connectivity index (χ0n) is 10.8. The standard InChI is InChI=1S/C16H15ClO/c1-10-6-11(2)8-14(7-10)16(18)13-5-4-12(3)15(17)9-13/h4-9H,1-3H3. The SMILES string of the molecule is Cc1cc(C)cc(C(=O)c2ccc(C)c(Cl)c2)c1. The van der Waals surface area contributed by atoms with Crippen LogP contribution in [0.1, 0.15) is 32.6 Å². The Morgan fingerprint density at radius 3 is 2.06 bits per heavy atom. The summed E-state index contributed by atoms with van der Waals surface area (Å²) in [5, 5.41) is 0.630. The molecule has 2 aromatic carbocycles. The summed E-state index contributed by atoms with van der Waals surface area (Å²) in [4.78, 5) is 12.4. The number of aryl methyl sites for hydroxylation is 3. The summed E-state index contributed by atoms with van der Waals surface area (Å²) in [6, 6.07) is 11.3. The molecule has 18 heavy (non-hydrogen) atoms. The first-order valence-electron chi connectivity index (χ1n) is 5.86. The van der Waals surface area contributed by atoms with Crippen LogP contribution in [0.3, 0.4) is 0 Å². The first-order chi connectivity index (χ1) is 8.47. The molecule has 0 atom stereocenters. The van der Waals surface area contributed by atoms with Crippen molar-refractivity contribution in [1.82, 2.24) is 0 Å². The number of hydrogen-bond acceptors (Lipinski definition) is 1. The fourth-order valence-corrected chi connectivity index (χ4v) is 2.19. The molecule has 0 aliphatic heterocycles. The van der Waals surface area contributed by atoms with Crippen molar-refractivity contribution < 1.29 is 4.79 Å². The van der Waals surface area contributed by atoms with Gasteiger partial charge in [-0.05, 0) is 44.5 Å². The van der Waals surface area contributed by atoms with Crippen LogP contribution in [0.15, 0.2) is 36.4 Å². The van der Waals surface area contributed by atoms with Crippen LogP contribution in [0.5, 0.6) is 0 Å². The molecule has 92 valence electrons. The lowest BCUT2D eigenvalue weighted by molar-refractivity contribution is 0.103. The van der Waals surface area contributed by atoms with Gasteiger partial charge in [0, 0.05) is 16.1 Å². The number of halogens is 1. The maximum atomic E-state index is 12.4. The number of benzene rings is 2. The third-order valence-corrected chi connectivity index (χ3v) is 3.33. The molecule has 0 aliphatic rings. The average Bonchev–Trinajstić information content (AvgIpc) is 2.30. The van der Waals surface area contributed by atoms with Crippen LogP contribution in [0.4, 0.5) is 0 Å². The van der Waals surface area contributed by atoms with E-state index in [1.807, 2.05) is 45.0 Å². The minimum absolute atomic E-state index is 0.0173. The van der Waals surface area contributed by atoms with E-state index in [1.54, 1.807) is 6.07 Å². The van der Waals surface area contributed by atoms with E-state index < -0.39 is 0 Å². The smallest absolute Gasteiger partial charge is 0.193 e. The molecule has 0 heterocycles. The Balaban J connectivity index is 2.44. The summed E-state index contributed by atoms with van der Waals surface area (Å²) in [5.41, 5.74) is 4.52. The van der Waals surface area contributed by atoms with Crippen molar-refractivity contribution in [3.63, 3.8) is 0 Å². The molecule has 0 N–H and O–H groups in total. The topological polar surface area (TPSA) is 17.1 Å². The van der Waals surface area contributed by atoms with Crippen molar-refractivity contribution in [2.24, 2.45) is 0 Å². The van der Waals surface area contributed by atoms with Crippen molar-refractivity contribution in [2.75, 3.05) is 0 Å². The second-order valence-electron chi connectivity index (χ2n) is 4.67. The summed E-state index contributed by atoms with van der Waals surface area (Å²) < 4.78 is 0. The number of hydrogen-bond donors (Lipinski definition) is 0. The monoisotopic (exact) mass is 258 g/mol. The molecular weight excluding hydrogens is 244 g/mol. The summed E-state index contributed by atoms with van der Waals surface area (Å²) >= 11 is 6.06. The number of rotatable bonds is 2. The molecule has 0 saturated heterocycles. The summed E-state index contributed by atoms with van der Waals surface area (Å²) in [5.74, 6) is 0.0173. The van der Waals surface area contributed by atoms with Gasteiger partial charge in [0.1, 0.15) is 0 Å². The maximum Gasteiger partial charge on any atom is 0.193 e. The molecular formula is C16H15ClO. The van der Waals surface area contributed by atoms with Crippen molar-refractivity contribution in [3.8, 4) is 0 Å². The highest BCUT2D eigenvalue weighted by Crippen LogP contribution is 2.20. The lowest BCUT2D eigenvalue weighted by Crippen LogP contribution is -2.02. The third-order valence-electron chi connectivity index (χ3n) is 2.92. The first-order valence-corrected chi connectivity index (χ1v) is 6.24. The average molecular weight is 259 g/mol. The zero-order chi connectivity index (χ0) is 13.3. The van der Waals surface area contributed by atoms with E-state index in [0.717, 1.165) is 16.7 Å². The van der Waals surface area contributed by atoms with Gasteiger partial charge >= 0.3 is 0 Å². The van der Waals surface area contributed by atoms with Crippen LogP contribution in [-0.4, -0.2) is 5.78 Å². The van der Waals surface area contributed by atoms with Gasteiger partial charge in [0.25, 0.3) is 0 Å². The minimum Gasteiger partial charge on any atom is -0.289 e. The summed E-state index contributed by atoms with van der Waals surface area (Å²) in [7, 11) is 0. The highest BCUT2D eigenvalue weighted by Gasteiger charge is 2.11. The quantitative estimate of drug-likeness (QED) is 0.725. The van der Waals surface area contributed by atoms with E-state index in [4.69, 9.17) is 11.6 Å². The molecule has 0 amide bonds. The summed E-state index contributed by atoms with van der Waals surface area (Å²) in [6.07, 6.45) is 0. The summed E-state index contributed by atoms with van der Waals surface area (Å²) in [6.45, 7) is 5.91. The molecule has 0 aromatic heterocycles. The van der Waals surface area contributed by atoms with Gasteiger partial charge in [0.2, 0.25) is 0 Å². The van der Waals surface area contributed by atoms with Gasteiger partial charge in [0.05, 0.1) is 0 Å². The van der Waals surface area contributed by atoms with Gasteiger partial charge in [-0.25, -0.2) is 0 Å². The van der Waals surface area contributed by atoms with Crippen LogP contribution in [0.25, 0.3) is 0 Å². The van der Waals surface area contributed by atoms with Gasteiger partial charge in [-0.2, -0.15) is 0 Å². The third kappa shape index (κ3) is 2.62. The van der Waals surface area contributed by atoms with Crippen LogP contribution in [0.2, 0.25) is 5.02 Å². The predicted molar refractivity (Wildman–Crippen MR) is 75.5 cm³/mol. The molecule has 0 unspecified atom stereocenters. The molecule has 0 saturated carbocycles. The minimum atomic E-state index is 0.0173. The van der Waals surface area contributed by atoms with E-state index in [2.05, 4.69) is 6.07 Å². The lowest BCUT2D eigenvalue weighted by atomic mass is 9.99. The highest BCUT2D eigenvalue weighted by atomic mass is 35.5. The Kier molecular flexibility index (Phi) is 3.53. The van der Waals surface area contributed by atoms with E-state index in [1.165, 1.54) is 0 Å². The molecule has 0 radical (unpaired) electrons. The Hall–Kier alpha value is -1.60. The predicted octanol–water partition coefficient (Wildman–Crippen LogP) is 4.50. The van der Waals surface area contributed by atoms with Crippen molar-refractivity contribution in [2.45, 2.75) is 20.8 Å². The highest BCUT2D eigenvalue weighted by molar-refractivity contribution is 6.31. The second-order valence-corrected chi connectivity index (χ2v) is 5.08. The van der Waals surface area contributed by atoms with Crippen LogP contribution in [0, 0.1) is 20.8 Å². The molecule has 2 rings (SSSR count). The lowest BCUT2D eigenvalue weighted by Gasteiger charge is -2.06. The van der Waals surface area contributed by atoms with Gasteiger partial charge in [-0.15, -0.1) is 0 Å². The van der Waals surface area contributed by atoms with Gasteiger partial charge in [0.15, 0.2) is 5.78 Å². The van der Waals surface area contributed by atoms with Crippen molar-refractivity contribution in [3.05, 3.63) is 69.2 Å². The first kappa shape index (κ1) is 12.8. The molecule has 0 spiro atoms. The van der Waals surface area contributed by atoms with Crippen LogP contribution in [-0.2, 0) is 0 Å².